The number of benzene rings is 1. The molecule has 0 bridgehead atoms. The number of piperidine rings is 1. The summed E-state index contributed by atoms with van der Waals surface area (Å²) in [5.74, 6) is -0.674. The number of aliphatic carboxylic acids is 1. The molecule has 0 spiro atoms. The zero-order valence-electron chi connectivity index (χ0n) is 14.1. The third kappa shape index (κ3) is 3.62. The molecule has 1 unspecified atom stereocenters. The van der Waals surface area contributed by atoms with Gasteiger partial charge in [0.1, 0.15) is 6.33 Å². The van der Waals surface area contributed by atoms with E-state index in [-0.39, 0.29) is 12.6 Å². The van der Waals surface area contributed by atoms with Crippen LogP contribution in [0, 0.1) is 5.92 Å². The molecule has 1 aromatic heterocycles. The zero-order chi connectivity index (χ0) is 17.8. The number of para-hydroxylation sites is 1. The van der Waals surface area contributed by atoms with Crippen LogP contribution in [0.4, 0.5) is 10.5 Å². The molecule has 0 radical (unpaired) electrons. The molecular formula is C17H21N5O3. The molecule has 1 aliphatic rings. The second-order valence-corrected chi connectivity index (χ2v) is 6.04. The first kappa shape index (κ1) is 16.9. The smallest absolute Gasteiger partial charge is 0.321 e. The monoisotopic (exact) mass is 343 g/mol. The molecule has 1 saturated heterocycles. The minimum Gasteiger partial charge on any atom is -0.481 e. The Morgan fingerprint density at radius 2 is 2.16 bits per heavy atom. The van der Waals surface area contributed by atoms with Crippen molar-refractivity contribution in [3.05, 3.63) is 30.6 Å². The maximum absolute atomic E-state index is 12.6. The highest BCUT2D eigenvalue weighted by Crippen LogP contribution is 2.27. The van der Waals surface area contributed by atoms with Gasteiger partial charge < -0.3 is 19.9 Å². The Balaban J connectivity index is 1.79. The molecule has 2 aromatic rings. The van der Waals surface area contributed by atoms with Crippen molar-refractivity contribution in [2.24, 2.45) is 5.92 Å². The van der Waals surface area contributed by atoms with Crippen LogP contribution in [-0.2, 0) is 11.3 Å². The van der Waals surface area contributed by atoms with Gasteiger partial charge in [0.05, 0.1) is 11.6 Å². The van der Waals surface area contributed by atoms with E-state index in [1.165, 1.54) is 0 Å². The van der Waals surface area contributed by atoms with E-state index in [1.807, 2.05) is 29.7 Å². The quantitative estimate of drug-likeness (QED) is 0.887. The first-order valence-corrected chi connectivity index (χ1v) is 8.36. The third-order valence-corrected chi connectivity index (χ3v) is 4.42. The van der Waals surface area contributed by atoms with Crippen LogP contribution in [0.25, 0.3) is 11.4 Å². The van der Waals surface area contributed by atoms with E-state index in [2.05, 4.69) is 15.5 Å². The Hall–Kier alpha value is -2.90. The maximum Gasteiger partial charge on any atom is 0.321 e. The number of likely N-dealkylation sites (tertiary alicyclic amines) is 1. The first-order chi connectivity index (χ1) is 12.1. The van der Waals surface area contributed by atoms with Gasteiger partial charge in [-0.2, -0.15) is 0 Å². The maximum atomic E-state index is 12.6. The second-order valence-electron chi connectivity index (χ2n) is 6.04. The molecule has 0 saturated carbocycles. The average Bonchev–Trinajstić information content (AvgIpc) is 3.10. The molecule has 8 nitrogen and oxygen atoms in total. The Morgan fingerprint density at radius 3 is 2.92 bits per heavy atom. The SMILES string of the molecule is CCn1cnnc1-c1ccccc1NC(=O)N1CCCC(C(=O)O)C1. The lowest BCUT2D eigenvalue weighted by Crippen LogP contribution is -2.44. The van der Waals surface area contributed by atoms with Crippen LogP contribution in [0.15, 0.2) is 30.6 Å². The Labute approximate surface area is 145 Å². The van der Waals surface area contributed by atoms with E-state index in [1.54, 1.807) is 17.3 Å². The number of anilines is 1. The normalized spacial score (nSPS) is 17.3. The molecular weight excluding hydrogens is 322 g/mol. The summed E-state index contributed by atoms with van der Waals surface area (Å²) in [5.41, 5.74) is 1.41. The molecule has 1 atom stereocenters. The predicted octanol–water partition coefficient (Wildman–Crippen LogP) is 2.29. The van der Waals surface area contributed by atoms with Gasteiger partial charge in [0.25, 0.3) is 0 Å². The number of aryl methyl sites for hydroxylation is 1. The number of hydrogen-bond acceptors (Lipinski definition) is 4. The highest BCUT2D eigenvalue weighted by molar-refractivity contribution is 5.94. The molecule has 2 heterocycles. The van der Waals surface area contributed by atoms with Crippen LogP contribution in [0.2, 0.25) is 0 Å². The summed E-state index contributed by atoms with van der Waals surface area (Å²) in [7, 11) is 0. The van der Waals surface area contributed by atoms with Gasteiger partial charge in [-0.05, 0) is 31.9 Å². The fourth-order valence-corrected chi connectivity index (χ4v) is 3.04. The van der Waals surface area contributed by atoms with Gasteiger partial charge in [-0.15, -0.1) is 10.2 Å². The number of hydrogen-bond donors (Lipinski definition) is 2. The van der Waals surface area contributed by atoms with Crippen molar-refractivity contribution in [3.63, 3.8) is 0 Å². The van der Waals surface area contributed by atoms with Crippen molar-refractivity contribution in [3.8, 4) is 11.4 Å². The Morgan fingerprint density at radius 1 is 1.36 bits per heavy atom. The molecule has 132 valence electrons. The van der Waals surface area contributed by atoms with Gasteiger partial charge in [0.15, 0.2) is 5.82 Å². The largest absolute Gasteiger partial charge is 0.481 e. The van der Waals surface area contributed by atoms with E-state index >= 15 is 0 Å². The Bertz CT molecular complexity index is 773. The summed E-state index contributed by atoms with van der Waals surface area (Å²) in [6, 6.07) is 7.10. The van der Waals surface area contributed by atoms with Gasteiger partial charge in [0.2, 0.25) is 0 Å². The van der Waals surface area contributed by atoms with Crippen LogP contribution in [0.1, 0.15) is 19.8 Å². The fraction of sp³-hybridized carbons (Fsp3) is 0.412. The number of carbonyl (C=O) groups excluding carboxylic acids is 1. The van der Waals surface area contributed by atoms with Gasteiger partial charge >= 0.3 is 12.0 Å². The van der Waals surface area contributed by atoms with E-state index < -0.39 is 11.9 Å². The molecule has 1 fully saturated rings. The number of carboxylic acid groups (broad SMARTS) is 1. The van der Waals surface area contributed by atoms with E-state index in [0.29, 0.717) is 30.9 Å². The lowest BCUT2D eigenvalue weighted by atomic mass is 9.99. The molecule has 1 aliphatic heterocycles. The van der Waals surface area contributed by atoms with Crippen molar-refractivity contribution < 1.29 is 14.7 Å². The molecule has 8 heteroatoms. The van der Waals surface area contributed by atoms with Crippen LogP contribution < -0.4 is 5.32 Å². The van der Waals surface area contributed by atoms with Gasteiger partial charge in [0, 0.05) is 25.2 Å². The first-order valence-electron chi connectivity index (χ1n) is 8.36. The van der Waals surface area contributed by atoms with Gasteiger partial charge in [-0.25, -0.2) is 4.79 Å². The highest BCUT2D eigenvalue weighted by Gasteiger charge is 2.28. The number of carbonyl (C=O) groups is 2. The fourth-order valence-electron chi connectivity index (χ4n) is 3.04. The molecule has 25 heavy (non-hydrogen) atoms. The summed E-state index contributed by atoms with van der Waals surface area (Å²) in [4.78, 5) is 25.3. The van der Waals surface area contributed by atoms with Crippen molar-refractivity contribution in [1.82, 2.24) is 19.7 Å². The van der Waals surface area contributed by atoms with Crippen molar-refractivity contribution in [2.45, 2.75) is 26.3 Å². The molecule has 2 amide bonds. The van der Waals surface area contributed by atoms with Crippen LogP contribution >= 0.6 is 0 Å². The molecule has 0 aliphatic carbocycles. The minimum atomic E-state index is -0.853. The summed E-state index contributed by atoms with van der Waals surface area (Å²) >= 11 is 0. The summed E-state index contributed by atoms with van der Waals surface area (Å²) in [5, 5.41) is 20.1. The van der Waals surface area contributed by atoms with Gasteiger partial charge in [-0.1, -0.05) is 12.1 Å². The number of amides is 2. The van der Waals surface area contributed by atoms with Crippen molar-refractivity contribution in [1.29, 1.82) is 0 Å². The van der Waals surface area contributed by atoms with Crippen LogP contribution in [0.5, 0.6) is 0 Å². The van der Waals surface area contributed by atoms with Gasteiger partial charge in [-0.3, -0.25) is 4.79 Å². The number of aromatic nitrogens is 3. The zero-order valence-corrected chi connectivity index (χ0v) is 14.1. The second kappa shape index (κ2) is 7.33. The number of urea groups is 1. The number of nitrogens with zero attached hydrogens (tertiary/aromatic N) is 4. The topological polar surface area (TPSA) is 100 Å². The summed E-state index contributed by atoms with van der Waals surface area (Å²) < 4.78 is 1.90. The summed E-state index contributed by atoms with van der Waals surface area (Å²) in [6.45, 7) is 3.50. The molecule has 1 aromatic carbocycles. The molecule has 2 N–H and O–H groups in total. The standard InChI is InChI=1S/C17H21N5O3/c1-2-21-11-18-20-15(21)13-7-3-4-8-14(13)19-17(25)22-9-5-6-12(10-22)16(23)24/h3-4,7-8,11-12H,2,5-6,9-10H2,1H3,(H,19,25)(H,23,24). The number of nitrogens with one attached hydrogen (secondary N) is 1. The third-order valence-electron chi connectivity index (χ3n) is 4.42. The lowest BCUT2D eigenvalue weighted by Gasteiger charge is -2.30. The van der Waals surface area contributed by atoms with Crippen molar-refractivity contribution in [2.75, 3.05) is 18.4 Å². The van der Waals surface area contributed by atoms with Crippen LogP contribution in [-0.4, -0.2) is 49.9 Å². The average molecular weight is 343 g/mol. The lowest BCUT2D eigenvalue weighted by molar-refractivity contribution is -0.143. The number of carboxylic acids is 1. The summed E-state index contributed by atoms with van der Waals surface area (Å²) in [6.07, 6.45) is 2.95. The molecule has 3 rings (SSSR count). The Kier molecular flexibility index (Phi) is 4.97. The van der Waals surface area contributed by atoms with Crippen molar-refractivity contribution >= 4 is 17.7 Å². The minimum absolute atomic E-state index is 0.231. The number of rotatable bonds is 4. The predicted molar refractivity (Wildman–Crippen MR) is 92.1 cm³/mol. The van der Waals surface area contributed by atoms with E-state index in [4.69, 9.17) is 0 Å². The highest BCUT2D eigenvalue weighted by atomic mass is 16.4. The van der Waals surface area contributed by atoms with E-state index in [0.717, 1.165) is 12.1 Å². The van der Waals surface area contributed by atoms with Crippen LogP contribution in [0.3, 0.4) is 0 Å². The van der Waals surface area contributed by atoms with E-state index in [9.17, 15) is 14.7 Å².